The summed E-state index contributed by atoms with van der Waals surface area (Å²) < 4.78 is 0. The molecule has 0 amide bonds. The summed E-state index contributed by atoms with van der Waals surface area (Å²) in [7, 11) is 0. The second-order valence-electron chi connectivity index (χ2n) is 35.8. The number of nitrogens with one attached hydrogen (secondary N) is 3. The highest BCUT2D eigenvalue weighted by molar-refractivity contribution is 6.05. The van der Waals surface area contributed by atoms with Crippen LogP contribution in [-0.2, 0) is 0 Å². The van der Waals surface area contributed by atoms with Crippen molar-refractivity contribution in [2.45, 2.75) is 58.2 Å². The number of aliphatic imine (C=N–C) groups is 3. The number of benzene rings is 10. The minimum absolute atomic E-state index is 0.00142. The van der Waals surface area contributed by atoms with E-state index in [0.29, 0.717) is 62.6 Å². The van der Waals surface area contributed by atoms with Crippen molar-refractivity contribution >= 4 is 135 Å². The molecule has 3 aliphatic rings. The van der Waals surface area contributed by atoms with Crippen molar-refractivity contribution in [3.63, 3.8) is 0 Å². The van der Waals surface area contributed by atoms with Crippen molar-refractivity contribution in [3.8, 4) is 71.0 Å². The topological polar surface area (TPSA) is 508 Å². The van der Waals surface area contributed by atoms with Gasteiger partial charge in [-0.2, -0.15) is 0 Å². The number of anilines is 6. The Morgan fingerprint density at radius 3 is 0.844 bits per heavy atom. The average Bonchev–Trinajstić information content (AvgIpc) is 1.76. The number of nitrogens with two attached hydrogens (primary N) is 9. The van der Waals surface area contributed by atoms with Crippen molar-refractivity contribution in [2.24, 2.45) is 47.6 Å². The minimum Gasteiger partial charge on any atom is -0.409 e. The molecule has 0 fully saturated rings. The molecule has 10 aromatic carbocycles. The predicted molar refractivity (Wildman–Crippen MR) is 590 cm³/mol. The molecule has 147 heavy (non-hydrogen) atoms. The maximum Gasteiger partial charge on any atom is 0.170 e. The SMILES string of the molecule is CC1(C)CN=C(c2cccc(C#Cc3cc(N)nc4ccccc34)c2)N1.CC1(C)CN=C(c2cccc(C#Cc3cnc(N)c4ccccc34)c2)N1.CC1(C)CN=C(c2cccc(C#Cc3cnc(N)c4ncccc34)c2)N1.NC(=NO)c1cccc(C#Cc2cc(N)nc3ccccc23)c1.NC(=NO)c1cccc(C#Cc2cnc(N)c3ccccc23)c1.NC(=NO)c1cccc(C#Cc2cnc(N)c3ncccc23)c1. The van der Waals surface area contributed by atoms with E-state index in [1.165, 1.54) is 0 Å². The Hall–Kier alpha value is -20.7. The van der Waals surface area contributed by atoms with Crippen molar-refractivity contribution < 1.29 is 15.6 Å². The summed E-state index contributed by atoms with van der Waals surface area (Å²) in [5.41, 5.74) is 70.0. The fraction of sp³-hybridized carbons (Fsp3) is 0.102. The van der Waals surface area contributed by atoms with Crippen LogP contribution in [0.5, 0.6) is 0 Å². The standard InChI is InChI=1S/2C22H20N4.C21H19N5.2C18H14N4O.C17H13N5O/c1-22(2)14-24-21(26-22)17-7-5-6-15(12-17)10-11-16-13-20(23)25-19-9-4-3-8-18(16)19;1-22(2)14-25-21(26-22)16-7-5-6-15(12-16)10-11-17-13-24-20(23)19-9-4-3-8-18(17)19;1-21(2)13-25-20(26-21)15-6-3-5-14(11-15)8-9-16-12-24-19(22)18-17(16)7-4-10-23-18;19-17-11-13(15-6-1-2-7-16(15)21-17)9-8-12-4-3-5-14(10-12)18(20)22-23;19-17(22-23)13-5-3-4-12(10-13)8-9-14-11-21-18(20)16-7-2-1-6-15(14)16;18-16(22-23)12-4-1-3-11(9-12)6-7-13-10-21-17(19)15-14(13)5-2-8-20-15/h3-9,12-13H,14H2,1-2H3,(H2,23,25)(H,24,26);3-9,12-13H,14H2,1-2H3,(H2,23,24)(H,25,26);3-7,10-12H,13H2,1-2H3,(H2,22,24)(H,25,26);1-7,10-11,23H,(H2,19,21)(H2,20,22);1-7,10-11,23H,(H2,19,22)(H2,20,21);1-5,8-10,23H,(H2,18,22)(H2,19,21). The zero-order valence-electron chi connectivity index (χ0n) is 80.9. The first kappa shape index (κ1) is 99.4. The van der Waals surface area contributed by atoms with Crippen LogP contribution in [0.15, 0.2) is 347 Å². The van der Waals surface area contributed by atoms with Crippen LogP contribution in [0.3, 0.4) is 0 Å². The van der Waals surface area contributed by atoms with Crippen LogP contribution in [0.4, 0.5) is 34.9 Å². The Morgan fingerprint density at radius 1 is 0.272 bits per heavy atom. The lowest BCUT2D eigenvalue weighted by Gasteiger charge is -2.18. The number of hydrogen-bond acceptors (Lipinski definition) is 26. The van der Waals surface area contributed by atoms with Crippen LogP contribution in [0.25, 0.3) is 65.2 Å². The quantitative estimate of drug-likeness (QED) is 0.0242. The zero-order valence-corrected chi connectivity index (χ0v) is 80.9. The summed E-state index contributed by atoms with van der Waals surface area (Å²) in [6.07, 6.45) is 10.1. The molecule has 24 N–H and O–H groups in total. The maximum absolute atomic E-state index is 8.74. The van der Waals surface area contributed by atoms with Gasteiger partial charge >= 0.3 is 0 Å². The summed E-state index contributed by atoms with van der Waals surface area (Å²) in [6, 6.07) is 88.2. The summed E-state index contributed by atoms with van der Waals surface area (Å²) in [5.74, 6) is 43.5. The number of nitrogens with zero attached hydrogens (tertiary/aromatic N) is 14. The maximum atomic E-state index is 8.74. The van der Waals surface area contributed by atoms with Gasteiger partial charge in [-0.3, -0.25) is 24.9 Å². The number of oxime groups is 3. The van der Waals surface area contributed by atoms with Gasteiger partial charge in [-0.25, -0.2) is 29.9 Å². The van der Waals surface area contributed by atoms with E-state index < -0.39 is 0 Å². The largest absolute Gasteiger partial charge is 0.409 e. The zero-order chi connectivity index (χ0) is 103. The van der Waals surface area contributed by atoms with Crippen molar-refractivity contribution in [1.82, 2.24) is 55.8 Å². The number of hydrogen-bond donors (Lipinski definition) is 15. The lowest BCUT2D eigenvalue weighted by atomic mass is 10.1. The van der Waals surface area contributed by atoms with E-state index in [9.17, 15) is 0 Å². The molecule has 18 aromatic rings. The van der Waals surface area contributed by atoms with Crippen molar-refractivity contribution in [3.05, 3.63) is 416 Å². The monoisotopic (exact) mass is 1930 g/mol. The Labute approximate surface area is 848 Å². The molecule has 8 aromatic heterocycles. The Bertz CT molecular complexity index is 8440. The van der Waals surface area contributed by atoms with Crippen LogP contribution in [0.2, 0.25) is 0 Å². The highest BCUT2D eigenvalue weighted by Crippen LogP contribution is 2.29. The number of rotatable bonds is 6. The first-order valence-electron chi connectivity index (χ1n) is 46.3. The molecular weight excluding hydrogens is 1830 g/mol. The molecule has 0 atom stereocenters. The van der Waals surface area contributed by atoms with E-state index >= 15 is 0 Å². The van der Waals surface area contributed by atoms with Gasteiger partial charge in [-0.1, -0.05) is 244 Å². The fourth-order valence-electron chi connectivity index (χ4n) is 15.6. The second kappa shape index (κ2) is 45.1. The van der Waals surface area contributed by atoms with Gasteiger partial charge in [-0.05, 0) is 163 Å². The van der Waals surface area contributed by atoms with Crippen molar-refractivity contribution in [2.75, 3.05) is 54.0 Å². The van der Waals surface area contributed by atoms with Crippen LogP contribution >= 0.6 is 0 Å². The number of aromatic nitrogens is 8. The Morgan fingerprint density at radius 2 is 0.537 bits per heavy atom. The molecule has 0 spiro atoms. The minimum atomic E-state index is -0.00142. The van der Waals surface area contributed by atoms with Gasteiger partial charge in [0, 0.05) is 158 Å². The summed E-state index contributed by atoms with van der Waals surface area (Å²) >= 11 is 0. The fourth-order valence-corrected chi connectivity index (χ4v) is 15.6. The predicted octanol–water partition coefficient (Wildman–Crippen LogP) is 15.8. The molecule has 21 rings (SSSR count). The molecule has 0 saturated heterocycles. The molecule has 11 heterocycles. The Balaban J connectivity index is 0.000000126. The van der Waals surface area contributed by atoms with Gasteiger partial charge in [0.25, 0.3) is 0 Å². The molecule has 0 bridgehead atoms. The van der Waals surface area contributed by atoms with Crippen molar-refractivity contribution in [1.29, 1.82) is 0 Å². The van der Waals surface area contributed by atoms with Crippen LogP contribution < -0.4 is 67.6 Å². The number of amidine groups is 6. The van der Waals surface area contributed by atoms with E-state index in [4.69, 9.17) is 67.2 Å². The third-order valence-electron chi connectivity index (χ3n) is 23.0. The van der Waals surface area contributed by atoms with E-state index in [1.807, 2.05) is 194 Å². The van der Waals surface area contributed by atoms with E-state index in [-0.39, 0.29) is 34.1 Å². The number of pyridine rings is 8. The van der Waals surface area contributed by atoms with E-state index in [1.54, 1.807) is 97.8 Å². The molecule has 0 aliphatic carbocycles. The molecule has 720 valence electrons. The first-order valence-corrected chi connectivity index (χ1v) is 46.3. The molecular formula is C118H100N26O3. The lowest BCUT2D eigenvalue weighted by Crippen LogP contribution is -2.39. The van der Waals surface area contributed by atoms with Gasteiger partial charge in [0.2, 0.25) is 0 Å². The number of fused-ring (bicyclic) bond motifs is 6. The van der Waals surface area contributed by atoms with Crippen LogP contribution in [0.1, 0.15) is 142 Å². The first-order chi connectivity index (χ1) is 71.1. The smallest absolute Gasteiger partial charge is 0.170 e. The molecule has 0 saturated carbocycles. The average molecular weight is 1930 g/mol. The molecule has 0 radical (unpaired) electrons. The number of para-hydroxylation sites is 2. The van der Waals surface area contributed by atoms with E-state index in [2.05, 4.69) is 223 Å². The van der Waals surface area contributed by atoms with E-state index in [0.717, 1.165) is 175 Å². The summed E-state index contributed by atoms with van der Waals surface area (Å²) in [6.45, 7) is 15.2. The van der Waals surface area contributed by atoms with Crippen LogP contribution in [-0.4, -0.2) is 127 Å². The van der Waals surface area contributed by atoms with Crippen LogP contribution in [0, 0.1) is 71.0 Å². The van der Waals surface area contributed by atoms with Gasteiger partial charge < -0.3 is 83.2 Å². The third-order valence-corrected chi connectivity index (χ3v) is 23.0. The van der Waals surface area contributed by atoms with Gasteiger partial charge in [0.15, 0.2) is 17.5 Å². The molecule has 0 unspecified atom stereocenters. The normalized spacial score (nSPS) is 13.2. The van der Waals surface area contributed by atoms with Gasteiger partial charge in [0.1, 0.15) is 63.4 Å². The third kappa shape index (κ3) is 25.3. The Kier molecular flexibility index (Phi) is 30.5. The molecule has 3 aliphatic heterocycles. The summed E-state index contributed by atoms with van der Waals surface area (Å²) in [5, 5.41) is 53.0. The highest BCUT2D eigenvalue weighted by Gasteiger charge is 2.28. The molecule has 29 nitrogen and oxygen atoms in total. The van der Waals surface area contributed by atoms with Gasteiger partial charge in [-0.15, -0.1) is 0 Å². The second-order valence-corrected chi connectivity index (χ2v) is 35.8. The number of nitrogen functional groups attached to an aromatic ring is 6. The molecule has 29 heteroatoms. The van der Waals surface area contributed by atoms with Gasteiger partial charge in [0.05, 0.1) is 69.5 Å². The highest BCUT2D eigenvalue weighted by atomic mass is 16.4. The lowest BCUT2D eigenvalue weighted by molar-refractivity contribution is 0.318. The summed E-state index contributed by atoms with van der Waals surface area (Å²) in [4.78, 5) is 47.7.